The van der Waals surface area contributed by atoms with Crippen LogP contribution in [0.15, 0.2) is 48.5 Å². The van der Waals surface area contributed by atoms with Gasteiger partial charge in [-0.2, -0.15) is 0 Å². The van der Waals surface area contributed by atoms with Gasteiger partial charge in [0.25, 0.3) is 0 Å². The van der Waals surface area contributed by atoms with E-state index in [4.69, 9.17) is 4.74 Å². The Morgan fingerprint density at radius 1 is 0.943 bits per heavy atom. The van der Waals surface area contributed by atoms with Crippen molar-refractivity contribution >= 4 is 18.0 Å². The van der Waals surface area contributed by atoms with Gasteiger partial charge < -0.3 is 20.5 Å². The zero-order valence-electron chi connectivity index (χ0n) is 20.4. The number of ether oxygens (including phenoxy) is 1. The second kappa shape index (κ2) is 10.1. The largest absolute Gasteiger partial charge is 0.480 e. The molecule has 0 saturated heterocycles. The molecule has 7 heteroatoms. The molecule has 1 fully saturated rings. The van der Waals surface area contributed by atoms with Gasteiger partial charge in [0.1, 0.15) is 12.1 Å². The third kappa shape index (κ3) is 5.19. The maximum atomic E-state index is 13.0. The molecule has 0 unspecified atom stereocenters. The van der Waals surface area contributed by atoms with E-state index in [1.54, 1.807) is 13.8 Å². The molecule has 35 heavy (non-hydrogen) atoms. The SMILES string of the molecule is CC(C)(CNC(=O)OCC1c2ccccc2-c2ccccc21)C(=O)NC1(C(=O)O)CCCCCC1. The highest BCUT2D eigenvalue weighted by Crippen LogP contribution is 2.44. The van der Waals surface area contributed by atoms with Crippen LogP contribution in [0.3, 0.4) is 0 Å². The Morgan fingerprint density at radius 3 is 2.03 bits per heavy atom. The van der Waals surface area contributed by atoms with E-state index in [9.17, 15) is 19.5 Å². The molecule has 3 N–H and O–H groups in total. The van der Waals surface area contributed by atoms with Gasteiger partial charge in [-0.05, 0) is 48.9 Å². The summed E-state index contributed by atoms with van der Waals surface area (Å²) in [4.78, 5) is 37.6. The van der Waals surface area contributed by atoms with Crippen LogP contribution in [0, 0.1) is 5.41 Å². The summed E-state index contributed by atoms with van der Waals surface area (Å²) in [6.07, 6.45) is 3.72. The van der Waals surface area contributed by atoms with Crippen molar-refractivity contribution in [3.8, 4) is 11.1 Å². The number of rotatable bonds is 7. The van der Waals surface area contributed by atoms with E-state index in [1.165, 1.54) is 0 Å². The number of aliphatic carboxylic acids is 1. The van der Waals surface area contributed by atoms with Gasteiger partial charge in [-0.3, -0.25) is 4.79 Å². The highest BCUT2D eigenvalue weighted by atomic mass is 16.5. The van der Waals surface area contributed by atoms with E-state index in [-0.39, 0.29) is 25.0 Å². The van der Waals surface area contributed by atoms with Gasteiger partial charge >= 0.3 is 12.1 Å². The summed E-state index contributed by atoms with van der Waals surface area (Å²) >= 11 is 0. The second-order valence-electron chi connectivity index (χ2n) is 10.3. The summed E-state index contributed by atoms with van der Waals surface area (Å²) in [5.41, 5.74) is 2.32. The van der Waals surface area contributed by atoms with Crippen molar-refractivity contribution in [1.82, 2.24) is 10.6 Å². The Hall–Kier alpha value is -3.35. The predicted molar refractivity (Wildman–Crippen MR) is 133 cm³/mol. The average molecular weight is 479 g/mol. The minimum Gasteiger partial charge on any atom is -0.480 e. The zero-order valence-corrected chi connectivity index (χ0v) is 20.4. The first kappa shape index (κ1) is 24.8. The summed E-state index contributed by atoms with van der Waals surface area (Å²) in [6, 6.07) is 16.2. The molecule has 0 aromatic heterocycles. The fourth-order valence-electron chi connectivity index (χ4n) is 5.13. The number of carbonyl (C=O) groups excluding carboxylic acids is 2. The lowest BCUT2D eigenvalue weighted by Crippen LogP contribution is -2.58. The molecule has 2 aliphatic rings. The van der Waals surface area contributed by atoms with Crippen molar-refractivity contribution in [2.24, 2.45) is 5.41 Å². The molecule has 2 aromatic rings. The van der Waals surface area contributed by atoms with E-state index in [0.29, 0.717) is 12.8 Å². The fraction of sp³-hybridized carbons (Fsp3) is 0.464. The Balaban J connectivity index is 1.34. The minimum atomic E-state index is -1.24. The van der Waals surface area contributed by atoms with Gasteiger partial charge in [0, 0.05) is 12.5 Å². The molecular formula is C28H34N2O5. The van der Waals surface area contributed by atoms with Crippen LogP contribution >= 0.6 is 0 Å². The van der Waals surface area contributed by atoms with Crippen LogP contribution in [0.5, 0.6) is 0 Å². The Morgan fingerprint density at radius 2 is 1.49 bits per heavy atom. The predicted octanol–water partition coefficient (Wildman–Crippen LogP) is 4.85. The van der Waals surface area contributed by atoms with Gasteiger partial charge in [0.05, 0.1) is 5.41 Å². The molecule has 2 aliphatic carbocycles. The van der Waals surface area contributed by atoms with Crippen molar-refractivity contribution in [1.29, 1.82) is 0 Å². The lowest BCUT2D eigenvalue weighted by Gasteiger charge is -2.33. The maximum Gasteiger partial charge on any atom is 0.407 e. The molecule has 2 aromatic carbocycles. The van der Waals surface area contributed by atoms with Crippen molar-refractivity contribution < 1.29 is 24.2 Å². The van der Waals surface area contributed by atoms with Crippen molar-refractivity contribution in [3.63, 3.8) is 0 Å². The van der Waals surface area contributed by atoms with E-state index in [1.807, 2.05) is 24.3 Å². The smallest absolute Gasteiger partial charge is 0.407 e. The lowest BCUT2D eigenvalue weighted by molar-refractivity contribution is -0.150. The molecule has 0 bridgehead atoms. The number of carboxylic acid groups (broad SMARTS) is 1. The number of carboxylic acids is 1. The first-order valence-electron chi connectivity index (χ1n) is 12.4. The molecule has 0 spiro atoms. The van der Waals surface area contributed by atoms with Gasteiger partial charge in [-0.15, -0.1) is 0 Å². The number of benzene rings is 2. The normalized spacial score (nSPS) is 17.0. The molecule has 1 saturated carbocycles. The van der Waals surface area contributed by atoms with Crippen LogP contribution in [-0.4, -0.2) is 41.8 Å². The van der Waals surface area contributed by atoms with E-state index in [2.05, 4.69) is 34.9 Å². The average Bonchev–Trinajstić information content (AvgIpc) is 2.97. The zero-order chi connectivity index (χ0) is 25.1. The first-order valence-corrected chi connectivity index (χ1v) is 12.4. The first-order chi connectivity index (χ1) is 16.7. The third-order valence-corrected chi connectivity index (χ3v) is 7.35. The molecule has 2 amide bonds. The number of nitrogens with one attached hydrogen (secondary N) is 2. The molecule has 0 radical (unpaired) electrons. The van der Waals surface area contributed by atoms with Gasteiger partial charge in [-0.1, -0.05) is 74.2 Å². The molecule has 0 aliphatic heterocycles. The number of hydrogen-bond acceptors (Lipinski definition) is 4. The fourth-order valence-corrected chi connectivity index (χ4v) is 5.13. The number of fused-ring (bicyclic) bond motifs is 3. The van der Waals surface area contributed by atoms with E-state index < -0.39 is 23.0 Å². The highest BCUT2D eigenvalue weighted by Gasteiger charge is 2.43. The monoisotopic (exact) mass is 478 g/mol. The second-order valence-corrected chi connectivity index (χ2v) is 10.3. The lowest BCUT2D eigenvalue weighted by atomic mass is 9.86. The number of carbonyl (C=O) groups is 3. The van der Waals surface area contributed by atoms with E-state index >= 15 is 0 Å². The quantitative estimate of drug-likeness (QED) is 0.494. The van der Waals surface area contributed by atoms with Crippen LogP contribution in [0.25, 0.3) is 11.1 Å². The summed E-state index contributed by atoms with van der Waals surface area (Å²) in [7, 11) is 0. The van der Waals surface area contributed by atoms with Crippen molar-refractivity contribution in [3.05, 3.63) is 59.7 Å². The molecule has 4 rings (SSSR count). The summed E-state index contributed by atoms with van der Waals surface area (Å²) < 4.78 is 5.56. The number of amides is 2. The summed E-state index contributed by atoms with van der Waals surface area (Å²) in [5.74, 6) is -1.43. The maximum absolute atomic E-state index is 13.0. The minimum absolute atomic E-state index is 0.0329. The standard InChI is InChI=1S/C28H34N2O5/c1-27(2,24(31)30-28(25(32)33)15-9-3-4-10-16-28)18-29-26(34)35-17-23-21-13-7-5-11-19(21)20-12-6-8-14-22(20)23/h5-8,11-14,23H,3-4,9-10,15-18H2,1-2H3,(H,29,34)(H,30,31)(H,32,33). The van der Waals surface area contributed by atoms with Crippen molar-refractivity contribution in [2.75, 3.05) is 13.2 Å². The van der Waals surface area contributed by atoms with Gasteiger partial charge in [0.15, 0.2) is 0 Å². The molecule has 0 heterocycles. The Bertz CT molecular complexity index is 1060. The van der Waals surface area contributed by atoms with E-state index in [0.717, 1.165) is 47.9 Å². The molecule has 7 nitrogen and oxygen atoms in total. The summed E-state index contributed by atoms with van der Waals surface area (Å²) in [6.45, 7) is 3.61. The van der Waals surface area contributed by atoms with Gasteiger partial charge in [0.2, 0.25) is 5.91 Å². The van der Waals surface area contributed by atoms with Crippen molar-refractivity contribution in [2.45, 2.75) is 63.8 Å². The van der Waals surface area contributed by atoms with Crippen LogP contribution in [0.4, 0.5) is 4.79 Å². The molecular weight excluding hydrogens is 444 g/mol. The van der Waals surface area contributed by atoms with Crippen LogP contribution in [-0.2, 0) is 14.3 Å². The number of hydrogen-bond donors (Lipinski definition) is 3. The van der Waals surface area contributed by atoms with Crippen LogP contribution in [0.1, 0.15) is 69.4 Å². The Kier molecular flexibility index (Phi) is 7.15. The molecule has 186 valence electrons. The van der Waals surface area contributed by atoms with Gasteiger partial charge in [-0.25, -0.2) is 9.59 Å². The summed E-state index contributed by atoms with van der Waals surface area (Å²) in [5, 5.41) is 15.4. The highest BCUT2D eigenvalue weighted by molar-refractivity contribution is 5.90. The third-order valence-electron chi connectivity index (χ3n) is 7.35. The topological polar surface area (TPSA) is 105 Å². The molecule has 0 atom stereocenters. The Labute approximate surface area is 206 Å². The van der Waals surface area contributed by atoms with Crippen LogP contribution in [0.2, 0.25) is 0 Å². The number of alkyl carbamates (subject to hydrolysis) is 1. The van der Waals surface area contributed by atoms with Crippen LogP contribution < -0.4 is 10.6 Å².